The second-order valence-electron chi connectivity index (χ2n) is 6.77. The van der Waals surface area contributed by atoms with E-state index in [1.54, 1.807) is 0 Å². The van der Waals surface area contributed by atoms with Gasteiger partial charge >= 0.3 is 11.9 Å². The quantitative estimate of drug-likeness (QED) is 0.740. The van der Waals surface area contributed by atoms with E-state index in [0.29, 0.717) is 24.0 Å². The van der Waals surface area contributed by atoms with Gasteiger partial charge in [-0.05, 0) is 36.9 Å². The predicted molar refractivity (Wildman–Crippen MR) is 105 cm³/mol. The molecule has 28 heavy (non-hydrogen) atoms. The Balaban J connectivity index is 0.000000242. The number of para-hydroxylation sites is 1. The van der Waals surface area contributed by atoms with E-state index in [0.717, 1.165) is 29.6 Å². The zero-order chi connectivity index (χ0) is 20.3. The number of ether oxygens (including phenoxy) is 1. The fourth-order valence-electron chi connectivity index (χ4n) is 3.67. The molecule has 2 N–H and O–H groups in total. The summed E-state index contributed by atoms with van der Waals surface area (Å²) in [5, 5.41) is 16.4. The Kier molecular flexibility index (Phi) is 6.02. The third kappa shape index (κ3) is 4.52. The van der Waals surface area contributed by atoms with Gasteiger partial charge in [0.25, 0.3) is 0 Å². The topological polar surface area (TPSA) is 87.1 Å². The minimum atomic E-state index is -1.26. The van der Waals surface area contributed by atoms with Crippen LogP contribution < -0.4 is 4.74 Å². The van der Waals surface area contributed by atoms with Crippen molar-refractivity contribution in [2.75, 3.05) is 20.1 Å². The second-order valence-corrected chi connectivity index (χ2v) is 7.20. The van der Waals surface area contributed by atoms with Gasteiger partial charge in [0, 0.05) is 47.7 Å². The highest BCUT2D eigenvalue weighted by atomic mass is 35.5. The molecule has 0 unspecified atom stereocenters. The van der Waals surface area contributed by atoms with E-state index >= 15 is 0 Å². The van der Waals surface area contributed by atoms with Crippen molar-refractivity contribution in [1.29, 1.82) is 0 Å². The number of halogens is 1. The molecule has 1 fully saturated rings. The van der Waals surface area contributed by atoms with Crippen molar-refractivity contribution < 1.29 is 24.5 Å². The van der Waals surface area contributed by atoms with Gasteiger partial charge in [-0.1, -0.05) is 29.8 Å². The Morgan fingerprint density at radius 2 is 1.57 bits per heavy atom. The van der Waals surface area contributed by atoms with Gasteiger partial charge < -0.3 is 19.8 Å². The first-order chi connectivity index (χ1) is 13.3. The van der Waals surface area contributed by atoms with Gasteiger partial charge in [-0.2, -0.15) is 0 Å². The van der Waals surface area contributed by atoms with Crippen molar-refractivity contribution in [2.24, 2.45) is 0 Å². The summed E-state index contributed by atoms with van der Waals surface area (Å²) in [5.74, 6) is 0.358. The van der Waals surface area contributed by atoms with Crippen molar-refractivity contribution in [1.82, 2.24) is 4.90 Å². The summed E-state index contributed by atoms with van der Waals surface area (Å²) in [6, 6.07) is 14.4. The first-order valence-corrected chi connectivity index (χ1v) is 9.11. The summed E-state index contributed by atoms with van der Waals surface area (Å²) in [6.45, 7) is 2.12. The minimum absolute atomic E-state index is 0.456. The van der Waals surface area contributed by atoms with Crippen LogP contribution >= 0.6 is 11.6 Å². The molecule has 0 aliphatic carbocycles. The van der Waals surface area contributed by atoms with Crippen LogP contribution in [-0.2, 0) is 9.59 Å². The summed E-state index contributed by atoms with van der Waals surface area (Å²) in [6.07, 6.45) is 1.12. The van der Waals surface area contributed by atoms with Gasteiger partial charge in [0.05, 0.1) is 0 Å². The number of hydrogen-bond donors (Lipinski definition) is 2. The largest absolute Gasteiger partial charge is 0.478 e. The Bertz CT molecular complexity index is 911. The number of rotatable bonds is 2. The molecule has 2 heterocycles. The molecule has 0 aromatic heterocycles. The summed E-state index contributed by atoms with van der Waals surface area (Å²) in [7, 11) is 2.18. The summed E-state index contributed by atoms with van der Waals surface area (Å²) < 4.78 is 6.15. The number of carboxylic acids is 2. The van der Waals surface area contributed by atoms with Crippen molar-refractivity contribution in [3.8, 4) is 11.5 Å². The fraction of sp³-hybridized carbons (Fsp3) is 0.238. The van der Waals surface area contributed by atoms with Crippen LogP contribution in [0, 0.1) is 0 Å². The molecule has 2 aliphatic rings. The van der Waals surface area contributed by atoms with Gasteiger partial charge in [0.2, 0.25) is 0 Å². The number of likely N-dealkylation sites (tertiary alicyclic amines) is 1. The van der Waals surface area contributed by atoms with Crippen LogP contribution in [0.5, 0.6) is 11.5 Å². The van der Waals surface area contributed by atoms with Gasteiger partial charge in [-0.25, -0.2) is 9.59 Å². The van der Waals surface area contributed by atoms with Crippen molar-refractivity contribution in [2.45, 2.75) is 11.8 Å². The highest BCUT2D eigenvalue weighted by Crippen LogP contribution is 2.49. The number of aliphatic carboxylic acids is 2. The van der Waals surface area contributed by atoms with Crippen LogP contribution in [0.4, 0.5) is 0 Å². The molecule has 6 nitrogen and oxygen atoms in total. The van der Waals surface area contributed by atoms with E-state index in [1.807, 2.05) is 18.2 Å². The van der Waals surface area contributed by atoms with Crippen LogP contribution in [0.2, 0.25) is 5.02 Å². The molecule has 0 spiro atoms. The van der Waals surface area contributed by atoms with Crippen LogP contribution in [0.1, 0.15) is 23.0 Å². The lowest BCUT2D eigenvalue weighted by Crippen LogP contribution is -2.14. The average molecular weight is 402 g/mol. The van der Waals surface area contributed by atoms with E-state index < -0.39 is 11.9 Å². The zero-order valence-electron chi connectivity index (χ0n) is 15.2. The lowest BCUT2D eigenvalue weighted by Gasteiger charge is -2.17. The maximum absolute atomic E-state index is 9.55. The van der Waals surface area contributed by atoms with E-state index in [4.69, 9.17) is 26.6 Å². The lowest BCUT2D eigenvalue weighted by atomic mass is 9.84. The van der Waals surface area contributed by atoms with Crippen molar-refractivity contribution in [3.05, 3.63) is 70.8 Å². The predicted octanol–water partition coefficient (Wildman–Crippen LogP) is 3.97. The normalized spacial score (nSPS) is 20.1. The number of benzene rings is 2. The van der Waals surface area contributed by atoms with E-state index in [1.165, 1.54) is 11.1 Å². The molecular formula is C21H20ClNO5. The highest BCUT2D eigenvalue weighted by Gasteiger charge is 2.38. The van der Waals surface area contributed by atoms with Gasteiger partial charge in [0.1, 0.15) is 11.5 Å². The Morgan fingerprint density at radius 3 is 2.21 bits per heavy atom. The first-order valence-electron chi connectivity index (χ1n) is 8.74. The van der Waals surface area contributed by atoms with E-state index in [-0.39, 0.29) is 0 Å². The maximum Gasteiger partial charge on any atom is 0.328 e. The Morgan fingerprint density at radius 1 is 1.00 bits per heavy atom. The zero-order valence-corrected chi connectivity index (χ0v) is 16.0. The lowest BCUT2D eigenvalue weighted by molar-refractivity contribution is -0.134. The molecule has 2 atom stereocenters. The van der Waals surface area contributed by atoms with Crippen molar-refractivity contribution >= 4 is 23.5 Å². The van der Waals surface area contributed by atoms with E-state index in [2.05, 4.69) is 36.2 Å². The summed E-state index contributed by atoms with van der Waals surface area (Å²) in [4.78, 5) is 21.5. The number of nitrogens with zero attached hydrogens (tertiary/aromatic N) is 1. The van der Waals surface area contributed by atoms with Crippen LogP contribution in [-0.4, -0.2) is 47.2 Å². The Labute approximate surface area is 167 Å². The minimum Gasteiger partial charge on any atom is -0.478 e. The molecule has 7 heteroatoms. The average Bonchev–Trinajstić information content (AvgIpc) is 2.98. The molecule has 0 radical (unpaired) electrons. The molecule has 2 aromatic carbocycles. The third-order valence-corrected chi connectivity index (χ3v) is 5.02. The maximum atomic E-state index is 9.55. The summed E-state index contributed by atoms with van der Waals surface area (Å²) in [5.41, 5.74) is 2.55. The fourth-order valence-corrected chi connectivity index (χ4v) is 3.85. The molecule has 2 aliphatic heterocycles. The molecule has 0 amide bonds. The number of carboxylic acid groups (broad SMARTS) is 2. The molecule has 2 aromatic rings. The van der Waals surface area contributed by atoms with Crippen molar-refractivity contribution in [3.63, 3.8) is 0 Å². The highest BCUT2D eigenvalue weighted by molar-refractivity contribution is 6.30. The SMILES string of the molecule is CN1C[C@@H]2c3ccccc3Oc3ccc(Cl)cc3[C@H]2C1.O=C(O)C=CC(=O)O. The van der Waals surface area contributed by atoms with E-state index in [9.17, 15) is 9.59 Å². The van der Waals surface area contributed by atoms with Crippen LogP contribution in [0.15, 0.2) is 54.6 Å². The number of hydrogen-bond acceptors (Lipinski definition) is 4. The molecule has 146 valence electrons. The van der Waals surface area contributed by atoms with Crippen LogP contribution in [0.3, 0.4) is 0 Å². The smallest absolute Gasteiger partial charge is 0.328 e. The Hall–Kier alpha value is -2.83. The second kappa shape index (κ2) is 8.46. The third-order valence-electron chi connectivity index (χ3n) is 4.78. The van der Waals surface area contributed by atoms with Gasteiger partial charge in [-0.15, -0.1) is 0 Å². The number of fused-ring (bicyclic) bond motifs is 5. The molecule has 4 rings (SSSR count). The molecule has 0 bridgehead atoms. The number of carbonyl (C=O) groups is 2. The number of likely N-dealkylation sites (N-methyl/N-ethyl adjacent to an activating group) is 1. The summed E-state index contributed by atoms with van der Waals surface area (Å²) >= 11 is 6.20. The molecule has 0 saturated carbocycles. The first kappa shape index (κ1) is 19.9. The molecule has 1 saturated heterocycles. The monoisotopic (exact) mass is 401 g/mol. The van der Waals surface area contributed by atoms with Gasteiger partial charge in [0.15, 0.2) is 0 Å². The van der Waals surface area contributed by atoms with Crippen LogP contribution in [0.25, 0.3) is 0 Å². The molecular weight excluding hydrogens is 382 g/mol. The standard InChI is InChI=1S/C17H16ClNO.C4H4O4/c1-19-9-14-12-4-2-3-5-16(12)20-17-7-6-11(18)8-13(17)15(14)10-19;5-3(6)1-2-4(7)8/h2-8,14-15H,9-10H2,1H3;1-2H,(H,5,6)(H,7,8)/t14-,15-;/m1./s1. The van der Waals surface area contributed by atoms with Gasteiger partial charge in [-0.3, -0.25) is 0 Å².